The van der Waals surface area contributed by atoms with Crippen LogP contribution in [0.15, 0.2) is 48.5 Å². The molecule has 7 nitrogen and oxygen atoms in total. The van der Waals surface area contributed by atoms with Gasteiger partial charge in [-0.05, 0) is 35.7 Å². The molecule has 3 rings (SSSR count). The topological polar surface area (TPSA) is 71.1 Å². The van der Waals surface area contributed by atoms with E-state index in [4.69, 9.17) is 9.47 Å². The van der Waals surface area contributed by atoms with E-state index in [1.54, 1.807) is 12.0 Å². The number of carbonyl (C=O) groups excluding carboxylic acids is 2. The largest absolute Gasteiger partial charge is 0.495 e. The van der Waals surface area contributed by atoms with E-state index in [1.807, 2.05) is 48.5 Å². The van der Waals surface area contributed by atoms with E-state index in [2.05, 4.69) is 24.1 Å². The quantitative estimate of drug-likeness (QED) is 0.704. The van der Waals surface area contributed by atoms with Crippen LogP contribution in [-0.2, 0) is 14.3 Å². The van der Waals surface area contributed by atoms with Gasteiger partial charge in [-0.1, -0.05) is 38.1 Å². The van der Waals surface area contributed by atoms with Crippen molar-refractivity contribution in [3.63, 3.8) is 0 Å². The van der Waals surface area contributed by atoms with Crippen molar-refractivity contribution in [1.82, 2.24) is 4.90 Å². The van der Waals surface area contributed by atoms with Crippen molar-refractivity contribution in [3.05, 3.63) is 54.1 Å². The third kappa shape index (κ3) is 6.21. The van der Waals surface area contributed by atoms with Crippen LogP contribution >= 0.6 is 0 Å². The molecule has 0 saturated carbocycles. The molecule has 1 aliphatic rings. The van der Waals surface area contributed by atoms with Gasteiger partial charge in [0.1, 0.15) is 19.0 Å². The summed E-state index contributed by atoms with van der Waals surface area (Å²) in [5.74, 6) is 0.894. The van der Waals surface area contributed by atoms with Gasteiger partial charge in [0, 0.05) is 31.9 Å². The van der Waals surface area contributed by atoms with Gasteiger partial charge in [0.2, 0.25) is 11.8 Å². The van der Waals surface area contributed by atoms with Gasteiger partial charge in [0.25, 0.3) is 0 Å². The molecule has 2 aromatic carbocycles. The Hall–Kier alpha value is -3.06. The van der Waals surface area contributed by atoms with Crippen LogP contribution in [0.1, 0.15) is 25.3 Å². The Balaban J connectivity index is 1.39. The number of para-hydroxylation sites is 2. The summed E-state index contributed by atoms with van der Waals surface area (Å²) < 4.78 is 10.8. The van der Waals surface area contributed by atoms with Crippen LogP contribution in [0.5, 0.6) is 5.75 Å². The standard InChI is InChI=1S/C24H31N3O4/c1-18(2)19-8-10-20(11-9-19)25-23(28)16-31-17-24(29)27-14-12-26(13-15-27)21-6-4-5-7-22(21)30-3/h4-11,18H,12-17H2,1-3H3,(H,25,28). The Bertz CT molecular complexity index is 875. The average molecular weight is 426 g/mol. The van der Waals surface area contributed by atoms with Crippen LogP contribution in [-0.4, -0.2) is 63.2 Å². The van der Waals surface area contributed by atoms with Gasteiger partial charge in [-0.3, -0.25) is 9.59 Å². The molecule has 166 valence electrons. The number of piperazine rings is 1. The number of benzene rings is 2. The van der Waals surface area contributed by atoms with Gasteiger partial charge in [-0.2, -0.15) is 0 Å². The molecule has 1 heterocycles. The van der Waals surface area contributed by atoms with Crippen molar-refractivity contribution in [2.75, 3.05) is 56.7 Å². The summed E-state index contributed by atoms with van der Waals surface area (Å²) in [6, 6.07) is 15.6. The van der Waals surface area contributed by atoms with Crippen molar-refractivity contribution < 1.29 is 19.1 Å². The fourth-order valence-electron chi connectivity index (χ4n) is 3.56. The summed E-state index contributed by atoms with van der Waals surface area (Å²) in [6.07, 6.45) is 0. The number of anilines is 2. The normalized spacial score (nSPS) is 13.9. The highest BCUT2D eigenvalue weighted by Gasteiger charge is 2.23. The minimum Gasteiger partial charge on any atom is -0.495 e. The van der Waals surface area contributed by atoms with E-state index in [-0.39, 0.29) is 25.0 Å². The first-order chi connectivity index (χ1) is 15.0. The van der Waals surface area contributed by atoms with E-state index in [0.29, 0.717) is 19.0 Å². The summed E-state index contributed by atoms with van der Waals surface area (Å²) >= 11 is 0. The van der Waals surface area contributed by atoms with E-state index < -0.39 is 0 Å². The Kier molecular flexibility index (Phi) is 7.89. The molecule has 1 fully saturated rings. The van der Waals surface area contributed by atoms with Gasteiger partial charge in [0.15, 0.2) is 0 Å². The molecule has 0 bridgehead atoms. The molecule has 0 unspecified atom stereocenters. The van der Waals surface area contributed by atoms with Gasteiger partial charge in [-0.25, -0.2) is 0 Å². The second kappa shape index (κ2) is 10.8. The van der Waals surface area contributed by atoms with Gasteiger partial charge in [0.05, 0.1) is 12.8 Å². The zero-order valence-corrected chi connectivity index (χ0v) is 18.5. The summed E-state index contributed by atoms with van der Waals surface area (Å²) in [5, 5.41) is 2.79. The fraction of sp³-hybridized carbons (Fsp3) is 0.417. The predicted molar refractivity (Wildman–Crippen MR) is 122 cm³/mol. The van der Waals surface area contributed by atoms with Crippen LogP contribution in [0.4, 0.5) is 11.4 Å². The minimum absolute atomic E-state index is 0.103. The second-order valence-electron chi connectivity index (χ2n) is 7.86. The molecule has 0 spiro atoms. The molecule has 0 aromatic heterocycles. The highest BCUT2D eigenvalue weighted by molar-refractivity contribution is 5.91. The number of hydrogen-bond donors (Lipinski definition) is 1. The highest BCUT2D eigenvalue weighted by Crippen LogP contribution is 2.28. The lowest BCUT2D eigenvalue weighted by atomic mass is 10.0. The van der Waals surface area contributed by atoms with E-state index in [1.165, 1.54) is 5.56 Å². The minimum atomic E-state index is -0.272. The number of amides is 2. The predicted octanol–water partition coefficient (Wildman–Crippen LogP) is 3.12. The van der Waals surface area contributed by atoms with Crippen LogP contribution in [0, 0.1) is 0 Å². The number of carbonyl (C=O) groups is 2. The van der Waals surface area contributed by atoms with Crippen molar-refractivity contribution in [3.8, 4) is 5.75 Å². The third-order valence-electron chi connectivity index (χ3n) is 5.38. The highest BCUT2D eigenvalue weighted by atomic mass is 16.5. The summed E-state index contributed by atoms with van der Waals surface area (Å²) in [7, 11) is 1.66. The first-order valence-electron chi connectivity index (χ1n) is 10.6. The molecule has 1 saturated heterocycles. The second-order valence-corrected chi connectivity index (χ2v) is 7.86. The van der Waals surface area contributed by atoms with Crippen molar-refractivity contribution in [1.29, 1.82) is 0 Å². The fourth-order valence-corrected chi connectivity index (χ4v) is 3.56. The SMILES string of the molecule is COc1ccccc1N1CCN(C(=O)COCC(=O)Nc2ccc(C(C)C)cc2)CC1. The molecule has 0 radical (unpaired) electrons. The first-order valence-corrected chi connectivity index (χ1v) is 10.6. The molecular weight excluding hydrogens is 394 g/mol. The van der Waals surface area contributed by atoms with E-state index in [9.17, 15) is 9.59 Å². The number of ether oxygens (including phenoxy) is 2. The van der Waals surface area contributed by atoms with Crippen LogP contribution in [0.2, 0.25) is 0 Å². The van der Waals surface area contributed by atoms with Gasteiger partial charge < -0.3 is 24.6 Å². The monoisotopic (exact) mass is 425 g/mol. The number of nitrogens with zero attached hydrogens (tertiary/aromatic N) is 2. The van der Waals surface area contributed by atoms with Crippen LogP contribution in [0.25, 0.3) is 0 Å². The lowest BCUT2D eigenvalue weighted by molar-refractivity contribution is -0.137. The molecule has 0 atom stereocenters. The molecule has 1 N–H and O–H groups in total. The summed E-state index contributed by atoms with van der Waals surface area (Å²) in [4.78, 5) is 28.5. The number of rotatable bonds is 8. The Morgan fingerprint density at radius 3 is 2.29 bits per heavy atom. The van der Waals surface area contributed by atoms with E-state index >= 15 is 0 Å². The van der Waals surface area contributed by atoms with Crippen molar-refractivity contribution >= 4 is 23.2 Å². The maximum atomic E-state index is 12.4. The van der Waals surface area contributed by atoms with Crippen molar-refractivity contribution in [2.24, 2.45) is 0 Å². The molecule has 7 heteroatoms. The van der Waals surface area contributed by atoms with E-state index in [0.717, 1.165) is 30.2 Å². The average Bonchev–Trinajstić information content (AvgIpc) is 2.79. The van der Waals surface area contributed by atoms with Gasteiger partial charge in [-0.15, -0.1) is 0 Å². The van der Waals surface area contributed by atoms with Crippen molar-refractivity contribution in [2.45, 2.75) is 19.8 Å². The lowest BCUT2D eigenvalue weighted by Crippen LogP contribution is -2.50. The zero-order valence-electron chi connectivity index (χ0n) is 18.5. The van der Waals surface area contributed by atoms with Crippen LogP contribution < -0.4 is 15.0 Å². The maximum absolute atomic E-state index is 12.4. The number of methoxy groups -OCH3 is 1. The Morgan fingerprint density at radius 2 is 1.65 bits per heavy atom. The maximum Gasteiger partial charge on any atom is 0.250 e. The molecule has 31 heavy (non-hydrogen) atoms. The lowest BCUT2D eigenvalue weighted by Gasteiger charge is -2.36. The molecular formula is C24H31N3O4. The Morgan fingerprint density at radius 1 is 0.968 bits per heavy atom. The smallest absolute Gasteiger partial charge is 0.250 e. The summed E-state index contributed by atoms with van der Waals surface area (Å²) in [6.45, 7) is 6.64. The number of hydrogen-bond acceptors (Lipinski definition) is 5. The summed E-state index contributed by atoms with van der Waals surface area (Å²) in [5.41, 5.74) is 2.97. The first kappa shape index (κ1) is 22.6. The zero-order chi connectivity index (χ0) is 22.2. The Labute approximate surface area is 183 Å². The molecule has 2 aromatic rings. The molecule has 1 aliphatic heterocycles. The molecule has 2 amide bonds. The van der Waals surface area contributed by atoms with Gasteiger partial charge >= 0.3 is 0 Å². The molecule has 0 aliphatic carbocycles. The third-order valence-corrected chi connectivity index (χ3v) is 5.38. The number of nitrogens with one attached hydrogen (secondary N) is 1. The van der Waals surface area contributed by atoms with Crippen LogP contribution in [0.3, 0.4) is 0 Å².